The molecule has 2 rings (SSSR count). The number of aromatic nitrogens is 2. The molecule has 0 radical (unpaired) electrons. The number of rotatable bonds is 15. The monoisotopic (exact) mass is 900 g/mol. The van der Waals surface area contributed by atoms with Gasteiger partial charge in [0.2, 0.25) is 0 Å². The number of hydrogen-bond donors (Lipinski definition) is 1. The predicted octanol–water partition coefficient (Wildman–Crippen LogP) is 9.00. The quantitative estimate of drug-likeness (QED) is 0.0817. The highest BCUT2D eigenvalue weighted by atomic mass is 79.9. The summed E-state index contributed by atoms with van der Waals surface area (Å²) in [6, 6.07) is 6.25. The lowest BCUT2D eigenvalue weighted by Gasteiger charge is -2.47. The predicted molar refractivity (Wildman–Crippen MR) is 198 cm³/mol. The number of hydrogen-bond acceptors (Lipinski definition) is 8. The van der Waals surface area contributed by atoms with Crippen molar-refractivity contribution in [2.75, 3.05) is 6.54 Å². The van der Waals surface area contributed by atoms with Gasteiger partial charge in [-0.1, -0.05) is 23.2 Å². The van der Waals surface area contributed by atoms with E-state index in [0.29, 0.717) is 15.5 Å². The maximum atomic E-state index is 14.8. The first kappa shape index (κ1) is 44.2. The second-order valence-corrected chi connectivity index (χ2v) is 25.3. The fourth-order valence-electron chi connectivity index (χ4n) is 4.78. The van der Waals surface area contributed by atoms with Gasteiger partial charge in [-0.05, 0) is 124 Å². The average Bonchev–Trinajstić information content (AvgIpc) is 2.91. The highest BCUT2D eigenvalue weighted by Gasteiger charge is 2.57. The van der Waals surface area contributed by atoms with Gasteiger partial charge in [-0.3, -0.25) is 0 Å². The molecule has 0 saturated carbocycles. The first-order chi connectivity index (χ1) is 21.6. The molecule has 5 atom stereocenters. The molecule has 2 aromatic heterocycles. The highest BCUT2D eigenvalue weighted by Crippen LogP contribution is 2.46. The van der Waals surface area contributed by atoms with Gasteiger partial charge >= 0.3 is 6.18 Å². The molecule has 8 nitrogen and oxygen atoms in total. The largest absolute Gasteiger partial charge is 0.598 e. The SMILES string of the molecule is CC(C)(C)[S+]([O-])N(CC(C)(C)[S+]([O-])N[C@@](C)(CC=O)c1nc(Br)ccc1Cl)[C@@](C)(C[C@H](O[Si](C)(C)C)C(F)(F)F)c1nc(Br)ccc1Cl. The molecule has 48 heavy (non-hydrogen) atoms. The van der Waals surface area contributed by atoms with Crippen molar-refractivity contribution in [3.8, 4) is 0 Å². The van der Waals surface area contributed by atoms with Crippen LogP contribution in [0.25, 0.3) is 0 Å². The number of alkyl halides is 3. The van der Waals surface area contributed by atoms with Crippen molar-refractivity contribution in [3.63, 3.8) is 0 Å². The van der Waals surface area contributed by atoms with Gasteiger partial charge in [0, 0.05) is 35.6 Å². The number of aldehydes is 1. The second kappa shape index (κ2) is 16.4. The van der Waals surface area contributed by atoms with Crippen molar-refractivity contribution in [1.82, 2.24) is 19.0 Å². The zero-order valence-electron chi connectivity index (χ0n) is 28.5. The Kier molecular flexibility index (Phi) is 15.1. The number of nitrogens with one attached hydrogen (secondary N) is 1. The minimum atomic E-state index is -4.79. The summed E-state index contributed by atoms with van der Waals surface area (Å²) in [5, 5.41) is 0.278. The summed E-state index contributed by atoms with van der Waals surface area (Å²) in [5.74, 6) is 0. The molecule has 0 fully saturated rings. The zero-order chi connectivity index (χ0) is 37.3. The van der Waals surface area contributed by atoms with Crippen molar-refractivity contribution in [3.05, 3.63) is 54.9 Å². The van der Waals surface area contributed by atoms with E-state index in [1.54, 1.807) is 79.4 Å². The van der Waals surface area contributed by atoms with Gasteiger partial charge in [0.25, 0.3) is 0 Å². The molecule has 272 valence electrons. The van der Waals surface area contributed by atoms with Crippen LogP contribution in [0.1, 0.15) is 72.7 Å². The van der Waals surface area contributed by atoms with Crippen molar-refractivity contribution < 1.29 is 31.5 Å². The van der Waals surface area contributed by atoms with Crippen LogP contribution < -0.4 is 4.72 Å². The Balaban J connectivity index is 2.81. The third kappa shape index (κ3) is 11.5. The Bertz CT molecular complexity index is 1440. The average molecular weight is 904 g/mol. The van der Waals surface area contributed by atoms with E-state index < -0.39 is 70.3 Å². The minimum absolute atomic E-state index is 0.0371. The Morgan fingerprint density at radius 3 is 1.88 bits per heavy atom. The van der Waals surface area contributed by atoms with Gasteiger partial charge in [-0.2, -0.15) is 13.2 Å². The van der Waals surface area contributed by atoms with Crippen LogP contribution in [0.5, 0.6) is 0 Å². The van der Waals surface area contributed by atoms with Crippen molar-refractivity contribution in [2.24, 2.45) is 0 Å². The van der Waals surface area contributed by atoms with Crippen molar-refractivity contribution in [1.29, 1.82) is 0 Å². The number of nitrogens with zero attached hydrogens (tertiary/aromatic N) is 3. The van der Waals surface area contributed by atoms with Gasteiger partial charge in [0.05, 0.1) is 28.0 Å². The van der Waals surface area contributed by atoms with Gasteiger partial charge < -0.3 is 18.3 Å². The van der Waals surface area contributed by atoms with Crippen molar-refractivity contribution in [2.45, 2.75) is 114 Å². The number of halogens is 7. The van der Waals surface area contributed by atoms with Gasteiger partial charge in [0.15, 0.2) is 13.1 Å². The maximum Gasteiger partial charge on any atom is 0.413 e. The van der Waals surface area contributed by atoms with Gasteiger partial charge in [0.1, 0.15) is 37.4 Å². The smallest absolute Gasteiger partial charge is 0.413 e. The molecule has 0 aliphatic rings. The number of pyridine rings is 2. The lowest BCUT2D eigenvalue weighted by atomic mass is 9.88. The van der Waals surface area contributed by atoms with Gasteiger partial charge in [-0.15, -0.1) is 9.03 Å². The molecule has 0 bridgehead atoms. The lowest BCUT2D eigenvalue weighted by Crippen LogP contribution is -2.62. The Morgan fingerprint density at radius 2 is 1.44 bits per heavy atom. The van der Waals surface area contributed by atoms with Crippen molar-refractivity contribution >= 4 is 92.4 Å². The Labute approximate surface area is 316 Å². The molecule has 0 aromatic carbocycles. The lowest BCUT2D eigenvalue weighted by molar-refractivity contribution is -0.206. The van der Waals surface area contributed by atoms with E-state index in [-0.39, 0.29) is 34.4 Å². The molecule has 18 heteroatoms. The first-order valence-electron chi connectivity index (χ1n) is 14.8. The number of carbonyl (C=O) groups is 1. The molecule has 1 N–H and O–H groups in total. The molecule has 0 aliphatic carbocycles. The van der Waals surface area contributed by atoms with E-state index >= 15 is 0 Å². The first-order valence-corrected chi connectivity index (χ1v) is 22.8. The Morgan fingerprint density at radius 1 is 0.958 bits per heavy atom. The van der Waals surface area contributed by atoms with E-state index in [2.05, 4.69) is 46.5 Å². The zero-order valence-corrected chi connectivity index (χ0v) is 35.8. The Hall–Kier alpha value is 0.0169. The van der Waals surface area contributed by atoms with Crippen LogP contribution >= 0.6 is 55.1 Å². The molecular formula is C30H43Br2Cl2F3N4O4S2Si. The van der Waals surface area contributed by atoms with Crippen LogP contribution in [-0.2, 0) is 43.0 Å². The summed E-state index contributed by atoms with van der Waals surface area (Å²) in [7, 11) is -2.78. The molecule has 0 saturated heterocycles. The van der Waals surface area contributed by atoms with Crippen LogP contribution in [0, 0.1) is 0 Å². The molecule has 2 heterocycles. The third-order valence-electron chi connectivity index (χ3n) is 7.21. The molecular weight excluding hydrogens is 860 g/mol. The molecule has 0 spiro atoms. The third-order valence-corrected chi connectivity index (χ3v) is 13.4. The summed E-state index contributed by atoms with van der Waals surface area (Å²) >= 11 is 15.7. The molecule has 0 aliphatic heterocycles. The summed E-state index contributed by atoms with van der Waals surface area (Å²) in [6.45, 7) is 16.1. The van der Waals surface area contributed by atoms with E-state index in [4.69, 9.17) is 27.6 Å². The van der Waals surface area contributed by atoms with Gasteiger partial charge in [-0.25, -0.2) is 9.97 Å². The molecule has 0 amide bonds. The fourth-order valence-corrected chi connectivity index (χ4v) is 9.91. The van der Waals surface area contributed by atoms with E-state index in [0.717, 1.165) is 0 Å². The number of carbonyl (C=O) groups excluding carboxylic acids is 1. The van der Waals surface area contributed by atoms with E-state index in [1.165, 1.54) is 17.3 Å². The summed E-state index contributed by atoms with van der Waals surface area (Å²) in [4.78, 5) is 20.8. The summed E-state index contributed by atoms with van der Waals surface area (Å²) in [6.07, 6.45) is -7.29. The summed E-state index contributed by atoms with van der Waals surface area (Å²) < 4.78 is 81.7. The highest BCUT2D eigenvalue weighted by molar-refractivity contribution is 9.10. The normalized spacial score (nSPS) is 17.8. The minimum Gasteiger partial charge on any atom is -0.598 e. The van der Waals surface area contributed by atoms with E-state index in [9.17, 15) is 27.1 Å². The summed E-state index contributed by atoms with van der Waals surface area (Å²) in [5.41, 5.74) is -2.79. The van der Waals surface area contributed by atoms with Crippen LogP contribution in [0.3, 0.4) is 0 Å². The second-order valence-electron chi connectivity index (χ2n) is 14.4. The fraction of sp³-hybridized carbons (Fsp3) is 0.633. The maximum absolute atomic E-state index is 14.8. The van der Waals surface area contributed by atoms with Crippen LogP contribution in [0.4, 0.5) is 13.2 Å². The standard InChI is InChI=1S/C30H43Br2Cl2F3N4O4S2Si/c1-26(2,3)47(44)41(18-27(4,5)46(43)40-28(6,15-16-42)24-19(33)11-13-22(31)38-24)29(7,25-20(34)12-14-23(32)39-25)17-21(30(35,36)37)45-48(8,9)10/h11-14,16,21,40H,15,17-18H2,1-10H3/t21-,28-,29-,46?,47?/m0/s1. The van der Waals surface area contributed by atoms with Crippen LogP contribution in [-0.4, -0.2) is 66.3 Å². The topological polar surface area (TPSA) is 113 Å². The van der Waals surface area contributed by atoms with Crippen LogP contribution in [0.15, 0.2) is 33.5 Å². The van der Waals surface area contributed by atoms with E-state index in [1.807, 2.05) is 0 Å². The molecule has 2 unspecified atom stereocenters. The molecule has 2 aromatic rings. The van der Waals surface area contributed by atoms with Crippen LogP contribution in [0.2, 0.25) is 29.7 Å².